The summed E-state index contributed by atoms with van der Waals surface area (Å²) in [6.45, 7) is 0. The molecule has 3 aromatic rings. The number of hydrogen-bond donors (Lipinski definition) is 0. The molecule has 4 nitrogen and oxygen atoms in total. The van der Waals surface area contributed by atoms with Crippen LogP contribution in [-0.2, 0) is 4.79 Å². The number of amides is 1. The van der Waals surface area contributed by atoms with Crippen molar-refractivity contribution in [1.29, 1.82) is 0 Å². The molecule has 1 amide bonds. The Balaban J connectivity index is 1.68. The van der Waals surface area contributed by atoms with Gasteiger partial charge in [-0.3, -0.25) is 9.69 Å². The first kappa shape index (κ1) is 14.4. The van der Waals surface area contributed by atoms with E-state index in [1.54, 1.807) is 16.7 Å². The Bertz CT molecular complexity index is 820. The molecular weight excluding hydrogens is 326 g/mol. The quantitative estimate of drug-likeness (QED) is 0.724. The van der Waals surface area contributed by atoms with Gasteiger partial charge in [-0.1, -0.05) is 72.0 Å². The molecule has 1 saturated heterocycles. The van der Waals surface area contributed by atoms with E-state index in [0.29, 0.717) is 10.9 Å². The second-order valence-electron chi connectivity index (χ2n) is 5.09. The lowest BCUT2D eigenvalue weighted by molar-refractivity contribution is -0.115. The standard InChI is InChI=1S/C17H13N3OS2/c21-14-11-22-16(13-9-5-2-6-10-13)20(14)17-19-18-15(23-17)12-7-3-1-4-8-12/h1-10,16H,11H2. The zero-order chi connectivity index (χ0) is 15.6. The topological polar surface area (TPSA) is 46.1 Å². The number of carbonyl (C=O) groups excluding carboxylic acids is 1. The highest BCUT2D eigenvalue weighted by molar-refractivity contribution is 8.00. The van der Waals surface area contributed by atoms with Crippen molar-refractivity contribution in [2.75, 3.05) is 10.7 Å². The number of nitrogens with zero attached hydrogens (tertiary/aromatic N) is 3. The van der Waals surface area contributed by atoms with Gasteiger partial charge < -0.3 is 0 Å². The number of hydrogen-bond acceptors (Lipinski definition) is 5. The number of rotatable bonds is 3. The molecule has 4 rings (SSSR count). The lowest BCUT2D eigenvalue weighted by atomic mass is 10.2. The van der Waals surface area contributed by atoms with E-state index in [1.165, 1.54) is 11.3 Å². The molecule has 1 unspecified atom stereocenters. The molecule has 1 aliphatic heterocycles. The van der Waals surface area contributed by atoms with E-state index in [2.05, 4.69) is 10.2 Å². The normalized spacial score (nSPS) is 17.7. The summed E-state index contributed by atoms with van der Waals surface area (Å²) in [6.07, 6.45) is 0. The van der Waals surface area contributed by atoms with Crippen molar-refractivity contribution >= 4 is 34.1 Å². The third kappa shape index (κ3) is 2.75. The number of carbonyl (C=O) groups is 1. The van der Waals surface area contributed by atoms with Crippen LogP contribution in [0.4, 0.5) is 5.13 Å². The minimum absolute atomic E-state index is 0.0275. The molecule has 2 aromatic carbocycles. The smallest absolute Gasteiger partial charge is 0.240 e. The molecule has 114 valence electrons. The van der Waals surface area contributed by atoms with Crippen LogP contribution in [0.25, 0.3) is 10.6 Å². The summed E-state index contributed by atoms with van der Waals surface area (Å²) >= 11 is 3.08. The highest BCUT2D eigenvalue weighted by Crippen LogP contribution is 2.43. The van der Waals surface area contributed by atoms with Gasteiger partial charge in [0.15, 0.2) is 0 Å². The van der Waals surface area contributed by atoms with Crippen LogP contribution in [0.5, 0.6) is 0 Å². The Labute approximate surface area is 142 Å². The summed E-state index contributed by atoms with van der Waals surface area (Å²) in [4.78, 5) is 14.1. The van der Waals surface area contributed by atoms with E-state index in [0.717, 1.165) is 16.1 Å². The molecule has 6 heteroatoms. The molecule has 0 radical (unpaired) electrons. The van der Waals surface area contributed by atoms with Crippen LogP contribution in [-0.4, -0.2) is 21.9 Å². The SMILES string of the molecule is O=C1CSC(c2ccccc2)N1c1nnc(-c2ccccc2)s1. The minimum Gasteiger partial charge on any atom is -0.273 e. The molecule has 0 spiro atoms. The van der Waals surface area contributed by atoms with Crippen LogP contribution in [0, 0.1) is 0 Å². The summed E-state index contributed by atoms with van der Waals surface area (Å²) in [6, 6.07) is 20.0. The molecular formula is C17H13N3OS2. The largest absolute Gasteiger partial charge is 0.273 e. The van der Waals surface area contributed by atoms with Crippen molar-refractivity contribution in [2.24, 2.45) is 0 Å². The Morgan fingerprint density at radius 3 is 2.39 bits per heavy atom. The summed E-state index contributed by atoms with van der Waals surface area (Å²) in [5.41, 5.74) is 2.13. The van der Waals surface area contributed by atoms with Gasteiger partial charge in [0.25, 0.3) is 0 Å². The van der Waals surface area contributed by atoms with Crippen molar-refractivity contribution in [1.82, 2.24) is 10.2 Å². The van der Waals surface area contributed by atoms with Crippen molar-refractivity contribution in [3.63, 3.8) is 0 Å². The lowest BCUT2D eigenvalue weighted by Gasteiger charge is -2.20. The maximum atomic E-state index is 12.3. The highest BCUT2D eigenvalue weighted by Gasteiger charge is 2.36. The average Bonchev–Trinajstić information content (AvgIpc) is 3.23. The summed E-state index contributed by atoms with van der Waals surface area (Å²) in [5, 5.41) is 9.98. The third-order valence-corrected chi connectivity index (χ3v) is 5.78. The van der Waals surface area contributed by atoms with Gasteiger partial charge >= 0.3 is 0 Å². The highest BCUT2D eigenvalue weighted by atomic mass is 32.2. The van der Waals surface area contributed by atoms with Gasteiger partial charge in [0.1, 0.15) is 10.4 Å². The molecule has 0 saturated carbocycles. The predicted octanol–water partition coefficient (Wildman–Crippen LogP) is 3.98. The first-order valence-corrected chi connectivity index (χ1v) is 9.07. The van der Waals surface area contributed by atoms with Crippen LogP contribution < -0.4 is 4.90 Å². The molecule has 0 N–H and O–H groups in total. The Kier molecular flexibility index (Phi) is 3.85. The second-order valence-corrected chi connectivity index (χ2v) is 7.12. The zero-order valence-corrected chi connectivity index (χ0v) is 13.8. The van der Waals surface area contributed by atoms with E-state index < -0.39 is 0 Å². The van der Waals surface area contributed by atoms with Crippen LogP contribution >= 0.6 is 23.1 Å². The van der Waals surface area contributed by atoms with E-state index in [9.17, 15) is 4.79 Å². The fraction of sp³-hybridized carbons (Fsp3) is 0.118. The van der Waals surface area contributed by atoms with Crippen LogP contribution in [0.15, 0.2) is 60.7 Å². The number of aromatic nitrogens is 2. The van der Waals surface area contributed by atoms with Crippen LogP contribution in [0.1, 0.15) is 10.9 Å². The summed E-state index contributed by atoms with van der Waals surface area (Å²) in [5.74, 6) is 0.555. The van der Waals surface area contributed by atoms with Gasteiger partial charge in [-0.2, -0.15) is 0 Å². The Morgan fingerprint density at radius 2 is 1.65 bits per heavy atom. The van der Waals surface area contributed by atoms with Crippen molar-refractivity contribution in [3.05, 3.63) is 66.2 Å². The van der Waals surface area contributed by atoms with Crippen LogP contribution in [0.3, 0.4) is 0 Å². The maximum absolute atomic E-state index is 12.3. The van der Waals surface area contributed by atoms with Crippen molar-refractivity contribution in [2.45, 2.75) is 5.37 Å². The molecule has 1 aromatic heterocycles. The van der Waals surface area contributed by atoms with Crippen molar-refractivity contribution < 1.29 is 4.79 Å². The summed E-state index contributed by atoms with van der Waals surface area (Å²) in [7, 11) is 0. The van der Waals surface area contributed by atoms with E-state index in [-0.39, 0.29) is 11.3 Å². The fourth-order valence-electron chi connectivity index (χ4n) is 2.51. The first-order valence-electron chi connectivity index (χ1n) is 7.20. The van der Waals surface area contributed by atoms with Gasteiger partial charge in [0.2, 0.25) is 11.0 Å². The Morgan fingerprint density at radius 1 is 0.957 bits per heavy atom. The van der Waals surface area contributed by atoms with Gasteiger partial charge in [0, 0.05) is 5.56 Å². The predicted molar refractivity (Wildman–Crippen MR) is 94.5 cm³/mol. The van der Waals surface area contributed by atoms with Gasteiger partial charge in [-0.15, -0.1) is 22.0 Å². The Hall–Kier alpha value is -2.18. The lowest BCUT2D eigenvalue weighted by Crippen LogP contribution is -2.27. The minimum atomic E-state index is -0.0275. The van der Waals surface area contributed by atoms with Gasteiger partial charge in [-0.25, -0.2) is 0 Å². The van der Waals surface area contributed by atoms with Gasteiger partial charge in [0.05, 0.1) is 5.75 Å². The van der Waals surface area contributed by atoms with Gasteiger partial charge in [-0.05, 0) is 5.56 Å². The molecule has 0 bridgehead atoms. The monoisotopic (exact) mass is 339 g/mol. The zero-order valence-electron chi connectivity index (χ0n) is 12.1. The van der Waals surface area contributed by atoms with Crippen molar-refractivity contribution in [3.8, 4) is 10.6 Å². The van der Waals surface area contributed by atoms with Crippen LogP contribution in [0.2, 0.25) is 0 Å². The molecule has 0 aliphatic carbocycles. The second kappa shape index (κ2) is 6.14. The van der Waals surface area contributed by atoms with E-state index in [1.807, 2.05) is 60.7 Å². The summed E-state index contributed by atoms with van der Waals surface area (Å²) < 4.78 is 0. The average molecular weight is 339 g/mol. The fourth-order valence-corrected chi connectivity index (χ4v) is 4.62. The number of thioether (sulfide) groups is 1. The molecule has 2 heterocycles. The first-order chi connectivity index (χ1) is 11.3. The number of anilines is 1. The molecule has 1 atom stereocenters. The maximum Gasteiger partial charge on any atom is 0.240 e. The molecule has 23 heavy (non-hydrogen) atoms. The van der Waals surface area contributed by atoms with E-state index >= 15 is 0 Å². The molecule has 1 aliphatic rings. The third-order valence-electron chi connectivity index (χ3n) is 3.59. The molecule has 1 fully saturated rings. The van der Waals surface area contributed by atoms with E-state index in [4.69, 9.17) is 0 Å². The number of benzene rings is 2.